The molecule has 3 rings (SSSR count). The van der Waals surface area contributed by atoms with E-state index in [1.807, 2.05) is 26.8 Å². The Morgan fingerprint density at radius 3 is 2.88 bits per heavy atom. The van der Waals surface area contributed by atoms with Crippen molar-refractivity contribution in [2.24, 2.45) is 0 Å². The second-order valence-electron chi connectivity index (χ2n) is 7.50. The van der Waals surface area contributed by atoms with Gasteiger partial charge >= 0.3 is 6.09 Å². The zero-order chi connectivity index (χ0) is 18.9. The molecule has 1 aliphatic heterocycles. The molecular weight excluding hydrogens is 337 g/mol. The first-order chi connectivity index (χ1) is 12.3. The largest absolute Gasteiger partial charge is 0.444 e. The van der Waals surface area contributed by atoms with Gasteiger partial charge in [-0.2, -0.15) is 5.26 Å². The van der Waals surface area contributed by atoms with Crippen molar-refractivity contribution in [2.45, 2.75) is 58.2 Å². The smallest absolute Gasteiger partial charge is 0.410 e. The maximum Gasteiger partial charge on any atom is 0.410 e. The van der Waals surface area contributed by atoms with E-state index in [1.165, 1.54) is 16.8 Å². The monoisotopic (exact) mass is 359 g/mol. The Balaban J connectivity index is 1.89. The molecule has 1 fully saturated rings. The van der Waals surface area contributed by atoms with E-state index in [-0.39, 0.29) is 17.7 Å². The predicted molar refractivity (Wildman–Crippen MR) is 92.8 cm³/mol. The SMILES string of the molecule is CC(C)(C)OC(=O)N1CCCCC1Cn1nnc2ccc(F)c(C#N)c21. The van der Waals surface area contributed by atoms with Crippen LogP contribution in [0.4, 0.5) is 9.18 Å². The van der Waals surface area contributed by atoms with Crippen LogP contribution in [0.25, 0.3) is 11.0 Å². The van der Waals surface area contributed by atoms with E-state index in [9.17, 15) is 14.4 Å². The van der Waals surface area contributed by atoms with Gasteiger partial charge in [0.2, 0.25) is 0 Å². The molecule has 2 heterocycles. The molecule has 138 valence electrons. The number of piperidine rings is 1. The Morgan fingerprint density at radius 1 is 1.42 bits per heavy atom. The number of likely N-dealkylation sites (tertiary alicyclic amines) is 1. The molecular formula is C18H22FN5O2. The fourth-order valence-electron chi connectivity index (χ4n) is 3.23. The topological polar surface area (TPSA) is 84.0 Å². The molecule has 1 aliphatic rings. The molecule has 7 nitrogen and oxygen atoms in total. The lowest BCUT2D eigenvalue weighted by atomic mass is 10.0. The van der Waals surface area contributed by atoms with Gasteiger partial charge in [0.05, 0.1) is 12.6 Å². The number of halogens is 1. The number of ether oxygens (including phenoxy) is 1. The molecule has 1 unspecified atom stereocenters. The van der Waals surface area contributed by atoms with Crippen molar-refractivity contribution in [3.05, 3.63) is 23.5 Å². The summed E-state index contributed by atoms with van der Waals surface area (Å²) in [6.07, 6.45) is 2.32. The lowest BCUT2D eigenvalue weighted by Gasteiger charge is -2.36. The highest BCUT2D eigenvalue weighted by molar-refractivity contribution is 5.81. The Morgan fingerprint density at radius 2 is 2.19 bits per heavy atom. The highest BCUT2D eigenvalue weighted by Gasteiger charge is 2.31. The van der Waals surface area contributed by atoms with Gasteiger partial charge in [0.1, 0.15) is 34.1 Å². The van der Waals surface area contributed by atoms with Gasteiger partial charge in [-0.15, -0.1) is 5.10 Å². The summed E-state index contributed by atoms with van der Waals surface area (Å²) in [5, 5.41) is 17.4. The summed E-state index contributed by atoms with van der Waals surface area (Å²) in [5.41, 5.74) is 0.174. The molecule has 0 saturated carbocycles. The van der Waals surface area contributed by atoms with Gasteiger partial charge in [0.25, 0.3) is 0 Å². The standard InChI is InChI=1S/C18H22FN5O2/c1-18(2,3)26-17(25)23-9-5-4-6-12(23)11-24-16-13(10-20)14(19)7-8-15(16)21-22-24/h7-8,12H,4-6,9,11H2,1-3H3. The summed E-state index contributed by atoms with van der Waals surface area (Å²) in [6.45, 7) is 6.43. The van der Waals surface area contributed by atoms with Crippen LogP contribution in [0.5, 0.6) is 0 Å². The summed E-state index contributed by atoms with van der Waals surface area (Å²) in [5.74, 6) is -0.601. The Hall–Kier alpha value is -2.69. The van der Waals surface area contributed by atoms with Gasteiger partial charge in [-0.1, -0.05) is 5.21 Å². The van der Waals surface area contributed by atoms with Crippen LogP contribution >= 0.6 is 0 Å². The first-order valence-corrected chi connectivity index (χ1v) is 8.71. The lowest BCUT2D eigenvalue weighted by molar-refractivity contribution is 0.00748. The Kier molecular flexibility index (Phi) is 4.81. The minimum atomic E-state index is -0.601. The molecule has 0 spiro atoms. The van der Waals surface area contributed by atoms with Crippen molar-refractivity contribution < 1.29 is 13.9 Å². The molecule has 26 heavy (non-hydrogen) atoms. The zero-order valence-electron chi connectivity index (χ0n) is 15.2. The van der Waals surface area contributed by atoms with Crippen LogP contribution < -0.4 is 0 Å². The van der Waals surface area contributed by atoms with Gasteiger partial charge < -0.3 is 9.64 Å². The number of rotatable bonds is 2. The van der Waals surface area contributed by atoms with Crippen LogP contribution in [-0.2, 0) is 11.3 Å². The third-order valence-electron chi connectivity index (χ3n) is 4.37. The van der Waals surface area contributed by atoms with Gasteiger partial charge in [-0.25, -0.2) is 13.9 Å². The van der Waals surface area contributed by atoms with Crippen LogP contribution in [0.15, 0.2) is 12.1 Å². The van der Waals surface area contributed by atoms with Gasteiger partial charge in [0.15, 0.2) is 0 Å². The quantitative estimate of drug-likeness (QED) is 0.822. The molecule has 1 aromatic carbocycles. The zero-order valence-corrected chi connectivity index (χ0v) is 15.2. The molecule has 0 radical (unpaired) electrons. The molecule has 0 bridgehead atoms. The first kappa shape index (κ1) is 18.1. The van der Waals surface area contributed by atoms with Crippen LogP contribution in [0, 0.1) is 17.1 Å². The number of nitriles is 1. The number of fused-ring (bicyclic) bond motifs is 1. The van der Waals surface area contributed by atoms with Crippen LogP contribution in [-0.4, -0.2) is 44.2 Å². The third-order valence-corrected chi connectivity index (χ3v) is 4.37. The van der Waals surface area contributed by atoms with Crippen molar-refractivity contribution in [1.29, 1.82) is 5.26 Å². The average Bonchev–Trinajstić information content (AvgIpc) is 2.97. The first-order valence-electron chi connectivity index (χ1n) is 8.71. The van der Waals surface area contributed by atoms with Crippen molar-refractivity contribution in [1.82, 2.24) is 19.9 Å². The average molecular weight is 359 g/mol. The minimum Gasteiger partial charge on any atom is -0.444 e. The fraction of sp³-hybridized carbons (Fsp3) is 0.556. The number of nitrogens with zero attached hydrogens (tertiary/aromatic N) is 5. The molecule has 1 atom stereocenters. The Bertz CT molecular complexity index is 865. The molecule has 0 aliphatic carbocycles. The number of aromatic nitrogens is 3. The fourth-order valence-corrected chi connectivity index (χ4v) is 3.23. The number of carbonyl (C=O) groups is 1. The molecule has 2 aromatic rings. The van der Waals surface area contributed by atoms with Crippen molar-refractivity contribution in [3.8, 4) is 6.07 Å². The molecule has 1 aromatic heterocycles. The molecule has 8 heteroatoms. The van der Waals surface area contributed by atoms with Crippen molar-refractivity contribution >= 4 is 17.1 Å². The van der Waals surface area contributed by atoms with Gasteiger partial charge in [-0.3, -0.25) is 0 Å². The second-order valence-corrected chi connectivity index (χ2v) is 7.50. The predicted octanol–water partition coefficient (Wildman–Crippen LogP) is 3.23. The number of benzene rings is 1. The maximum atomic E-state index is 14.0. The van der Waals surface area contributed by atoms with Crippen molar-refractivity contribution in [3.63, 3.8) is 0 Å². The lowest BCUT2D eigenvalue weighted by Crippen LogP contribution is -2.48. The van der Waals surface area contributed by atoms with E-state index in [2.05, 4.69) is 10.3 Å². The third kappa shape index (κ3) is 3.62. The van der Waals surface area contributed by atoms with E-state index in [1.54, 1.807) is 4.90 Å². The maximum absolute atomic E-state index is 14.0. The minimum absolute atomic E-state index is 0.0767. The van der Waals surface area contributed by atoms with E-state index in [0.29, 0.717) is 24.1 Å². The van der Waals surface area contributed by atoms with Crippen molar-refractivity contribution in [2.75, 3.05) is 6.54 Å². The number of hydrogen-bond acceptors (Lipinski definition) is 5. The molecule has 1 amide bonds. The summed E-state index contributed by atoms with van der Waals surface area (Å²) in [6, 6.07) is 4.46. The van der Waals surface area contributed by atoms with Crippen LogP contribution in [0.1, 0.15) is 45.6 Å². The van der Waals surface area contributed by atoms with Gasteiger partial charge in [0, 0.05) is 6.54 Å². The summed E-state index contributed by atoms with van der Waals surface area (Å²) < 4.78 is 21.0. The highest BCUT2D eigenvalue weighted by Crippen LogP contribution is 2.24. The molecule has 1 saturated heterocycles. The Labute approximate surface area is 151 Å². The van der Waals surface area contributed by atoms with E-state index >= 15 is 0 Å². The summed E-state index contributed by atoms with van der Waals surface area (Å²) >= 11 is 0. The van der Waals surface area contributed by atoms with Gasteiger partial charge in [-0.05, 0) is 52.2 Å². The summed E-state index contributed by atoms with van der Waals surface area (Å²) in [4.78, 5) is 14.2. The van der Waals surface area contributed by atoms with Crippen LogP contribution in [0.3, 0.4) is 0 Å². The number of amides is 1. The second kappa shape index (κ2) is 6.90. The van der Waals surface area contributed by atoms with E-state index in [4.69, 9.17) is 4.74 Å². The summed E-state index contributed by atoms with van der Waals surface area (Å²) in [7, 11) is 0. The normalized spacial score (nSPS) is 18.0. The van der Waals surface area contributed by atoms with E-state index < -0.39 is 11.4 Å². The number of hydrogen-bond donors (Lipinski definition) is 0. The molecule has 0 N–H and O–H groups in total. The number of carbonyl (C=O) groups excluding carboxylic acids is 1. The van der Waals surface area contributed by atoms with Crippen LogP contribution in [0.2, 0.25) is 0 Å². The highest BCUT2D eigenvalue weighted by atomic mass is 19.1. The van der Waals surface area contributed by atoms with E-state index in [0.717, 1.165) is 19.3 Å².